The van der Waals surface area contributed by atoms with Gasteiger partial charge in [0.1, 0.15) is 0 Å². The van der Waals surface area contributed by atoms with Crippen LogP contribution in [0.2, 0.25) is 0 Å². The highest BCUT2D eigenvalue weighted by Gasteiger charge is 2.16. The fourth-order valence-corrected chi connectivity index (χ4v) is 1.88. The Hall–Kier alpha value is -2.08. The molecule has 6 nitrogen and oxygen atoms in total. The fraction of sp³-hybridized carbons (Fsp3) is 0.467. The van der Waals surface area contributed by atoms with Gasteiger partial charge in [-0.25, -0.2) is 4.79 Å². The Morgan fingerprint density at radius 3 is 2.67 bits per heavy atom. The zero-order chi connectivity index (χ0) is 15.8. The number of carbonyl (C=O) groups excluding carboxylic acids is 1. The smallest absolute Gasteiger partial charge is 0.317 e. The highest BCUT2D eigenvalue weighted by atomic mass is 16.5. The summed E-state index contributed by atoms with van der Waals surface area (Å²) in [6, 6.07) is 7.45. The molecule has 0 fully saturated rings. The van der Waals surface area contributed by atoms with E-state index in [1.807, 2.05) is 24.3 Å². The van der Waals surface area contributed by atoms with E-state index < -0.39 is 11.9 Å². The van der Waals surface area contributed by atoms with E-state index in [1.165, 1.54) is 4.90 Å². The van der Waals surface area contributed by atoms with Crippen LogP contribution in [0, 0.1) is 5.92 Å². The molecule has 1 aromatic rings. The first-order chi connectivity index (χ1) is 9.93. The summed E-state index contributed by atoms with van der Waals surface area (Å²) in [5.74, 6) is -1.51. The normalized spacial score (nSPS) is 11.8. The van der Waals surface area contributed by atoms with E-state index in [0.29, 0.717) is 13.2 Å². The molecular weight excluding hydrogens is 272 g/mol. The number of rotatable bonds is 7. The number of hydrogen-bond acceptors (Lipinski definition) is 3. The van der Waals surface area contributed by atoms with Gasteiger partial charge in [0.05, 0.1) is 12.5 Å². The Balaban J connectivity index is 2.48. The molecule has 0 spiro atoms. The van der Waals surface area contributed by atoms with Crippen molar-refractivity contribution < 1.29 is 19.4 Å². The van der Waals surface area contributed by atoms with Gasteiger partial charge in [0.2, 0.25) is 0 Å². The molecule has 0 aliphatic heterocycles. The van der Waals surface area contributed by atoms with Crippen molar-refractivity contribution in [2.45, 2.75) is 20.1 Å². The first kappa shape index (κ1) is 17.0. The number of nitrogens with zero attached hydrogens (tertiary/aromatic N) is 1. The molecule has 1 rings (SSSR count). The van der Waals surface area contributed by atoms with Crippen LogP contribution in [0.15, 0.2) is 24.3 Å². The number of benzene rings is 1. The lowest BCUT2D eigenvalue weighted by atomic mass is 10.1. The van der Waals surface area contributed by atoms with Gasteiger partial charge in [0.25, 0.3) is 0 Å². The fourth-order valence-electron chi connectivity index (χ4n) is 1.88. The van der Waals surface area contributed by atoms with E-state index in [9.17, 15) is 9.59 Å². The van der Waals surface area contributed by atoms with Gasteiger partial charge in [-0.3, -0.25) is 4.79 Å². The van der Waals surface area contributed by atoms with E-state index in [1.54, 1.807) is 21.1 Å². The molecule has 0 saturated carbocycles. The molecule has 0 aliphatic rings. The molecule has 0 saturated heterocycles. The number of urea groups is 1. The number of ether oxygens (including phenoxy) is 1. The van der Waals surface area contributed by atoms with Crippen LogP contribution in [-0.2, 0) is 22.7 Å². The van der Waals surface area contributed by atoms with Crippen LogP contribution >= 0.6 is 0 Å². The highest BCUT2D eigenvalue weighted by molar-refractivity contribution is 5.75. The van der Waals surface area contributed by atoms with Gasteiger partial charge in [-0.15, -0.1) is 0 Å². The molecular formula is C15H22N2O4. The van der Waals surface area contributed by atoms with Crippen LogP contribution in [0.3, 0.4) is 0 Å². The Kier molecular flexibility index (Phi) is 6.68. The molecule has 0 heterocycles. The summed E-state index contributed by atoms with van der Waals surface area (Å²) in [7, 11) is 3.21. The maximum atomic E-state index is 11.9. The first-order valence-corrected chi connectivity index (χ1v) is 6.72. The summed E-state index contributed by atoms with van der Waals surface area (Å²) in [6.45, 7) is 2.66. The lowest BCUT2D eigenvalue weighted by Gasteiger charge is -2.20. The third-order valence-electron chi connectivity index (χ3n) is 3.06. The van der Waals surface area contributed by atoms with E-state index in [0.717, 1.165) is 11.1 Å². The number of carbonyl (C=O) groups is 2. The third kappa shape index (κ3) is 5.83. The Labute approximate surface area is 124 Å². The average Bonchev–Trinajstić information content (AvgIpc) is 2.45. The van der Waals surface area contributed by atoms with Crippen LogP contribution in [0.5, 0.6) is 0 Å². The topological polar surface area (TPSA) is 78.9 Å². The second-order valence-electron chi connectivity index (χ2n) is 5.03. The van der Waals surface area contributed by atoms with Crippen molar-refractivity contribution in [2.75, 3.05) is 20.7 Å². The second-order valence-corrected chi connectivity index (χ2v) is 5.03. The van der Waals surface area contributed by atoms with Crippen molar-refractivity contribution in [3.63, 3.8) is 0 Å². The van der Waals surface area contributed by atoms with Gasteiger partial charge in [-0.05, 0) is 11.1 Å². The summed E-state index contributed by atoms with van der Waals surface area (Å²) < 4.78 is 5.06. The molecule has 116 valence electrons. The van der Waals surface area contributed by atoms with Gasteiger partial charge in [-0.2, -0.15) is 0 Å². The van der Waals surface area contributed by atoms with Crippen molar-refractivity contribution in [1.29, 1.82) is 0 Å². The predicted octanol–water partition coefficient (Wildman–Crippen LogP) is 1.70. The molecule has 0 aromatic heterocycles. The van der Waals surface area contributed by atoms with E-state index in [-0.39, 0.29) is 12.6 Å². The molecule has 21 heavy (non-hydrogen) atoms. The molecule has 0 radical (unpaired) electrons. The number of nitrogens with one attached hydrogen (secondary N) is 1. The van der Waals surface area contributed by atoms with E-state index in [2.05, 4.69) is 5.32 Å². The number of methoxy groups -OCH3 is 1. The van der Waals surface area contributed by atoms with Crippen molar-refractivity contribution in [3.05, 3.63) is 35.4 Å². The largest absolute Gasteiger partial charge is 0.481 e. The van der Waals surface area contributed by atoms with Crippen LogP contribution < -0.4 is 5.32 Å². The predicted molar refractivity (Wildman–Crippen MR) is 78.8 cm³/mol. The summed E-state index contributed by atoms with van der Waals surface area (Å²) in [6.07, 6.45) is 0. The molecule has 6 heteroatoms. The summed E-state index contributed by atoms with van der Waals surface area (Å²) in [5, 5.41) is 11.6. The lowest BCUT2D eigenvalue weighted by molar-refractivity contribution is -0.141. The van der Waals surface area contributed by atoms with E-state index >= 15 is 0 Å². The van der Waals surface area contributed by atoms with Crippen LogP contribution in [0.25, 0.3) is 0 Å². The Bertz CT molecular complexity index is 490. The van der Waals surface area contributed by atoms with Gasteiger partial charge < -0.3 is 20.1 Å². The molecule has 1 atom stereocenters. The summed E-state index contributed by atoms with van der Waals surface area (Å²) in [5.41, 5.74) is 2.01. The maximum Gasteiger partial charge on any atom is 0.317 e. The second kappa shape index (κ2) is 8.26. The zero-order valence-corrected chi connectivity index (χ0v) is 12.6. The average molecular weight is 294 g/mol. The number of aliphatic carboxylic acids is 1. The van der Waals surface area contributed by atoms with Crippen LogP contribution in [-0.4, -0.2) is 42.7 Å². The number of hydrogen-bond donors (Lipinski definition) is 2. The van der Waals surface area contributed by atoms with Crippen LogP contribution in [0.1, 0.15) is 18.1 Å². The van der Waals surface area contributed by atoms with Crippen molar-refractivity contribution in [1.82, 2.24) is 10.2 Å². The molecule has 2 N–H and O–H groups in total. The summed E-state index contributed by atoms with van der Waals surface area (Å²) >= 11 is 0. The zero-order valence-electron chi connectivity index (χ0n) is 12.6. The number of amides is 2. The molecule has 1 aromatic carbocycles. The SMILES string of the molecule is COCc1cccc(CNC(=O)N(C)CC(C)C(=O)O)c1. The Morgan fingerprint density at radius 2 is 2.05 bits per heavy atom. The van der Waals surface area contributed by atoms with Crippen molar-refractivity contribution in [2.24, 2.45) is 5.92 Å². The van der Waals surface area contributed by atoms with Gasteiger partial charge in [0, 0.05) is 27.2 Å². The minimum atomic E-state index is -0.915. The summed E-state index contributed by atoms with van der Waals surface area (Å²) in [4.78, 5) is 24.0. The maximum absolute atomic E-state index is 11.9. The molecule has 0 bridgehead atoms. The van der Waals surface area contributed by atoms with Gasteiger partial charge in [-0.1, -0.05) is 31.2 Å². The van der Waals surface area contributed by atoms with Crippen molar-refractivity contribution in [3.8, 4) is 0 Å². The Morgan fingerprint density at radius 1 is 1.38 bits per heavy atom. The standard InChI is InChI=1S/C15H22N2O4/c1-11(14(18)19)9-17(2)15(20)16-8-12-5-4-6-13(7-12)10-21-3/h4-7,11H,8-10H2,1-3H3,(H,16,20)(H,18,19). The molecule has 0 aliphatic carbocycles. The van der Waals surface area contributed by atoms with Gasteiger partial charge >= 0.3 is 12.0 Å². The number of carboxylic acids is 1. The third-order valence-corrected chi connectivity index (χ3v) is 3.06. The minimum absolute atomic E-state index is 0.172. The van der Waals surface area contributed by atoms with Gasteiger partial charge in [0.15, 0.2) is 0 Å². The highest BCUT2D eigenvalue weighted by Crippen LogP contribution is 2.06. The van der Waals surface area contributed by atoms with Crippen LogP contribution in [0.4, 0.5) is 4.79 Å². The van der Waals surface area contributed by atoms with E-state index in [4.69, 9.17) is 9.84 Å². The first-order valence-electron chi connectivity index (χ1n) is 6.72. The van der Waals surface area contributed by atoms with Crippen molar-refractivity contribution >= 4 is 12.0 Å². The minimum Gasteiger partial charge on any atom is -0.481 e. The lowest BCUT2D eigenvalue weighted by Crippen LogP contribution is -2.40. The number of carboxylic acid groups (broad SMARTS) is 1. The molecule has 1 unspecified atom stereocenters. The quantitative estimate of drug-likeness (QED) is 0.802. The molecule has 2 amide bonds. The monoisotopic (exact) mass is 294 g/mol.